The summed E-state index contributed by atoms with van der Waals surface area (Å²) in [6.07, 6.45) is 0.456. The predicted octanol–water partition coefficient (Wildman–Crippen LogP) is 2.00. The fourth-order valence-corrected chi connectivity index (χ4v) is 2.23. The first-order chi connectivity index (χ1) is 9.32. The monoisotopic (exact) mass is 283 g/mol. The molecule has 0 heterocycles. The highest BCUT2D eigenvalue weighted by atomic mass is 19.1. The molecule has 0 aliphatic heterocycles. The Balaban J connectivity index is 2.08. The van der Waals surface area contributed by atoms with Crippen LogP contribution in [0.1, 0.15) is 24.8 Å². The molecule has 1 aromatic rings. The third kappa shape index (κ3) is 2.64. The second-order valence-corrected chi connectivity index (χ2v) is 5.08. The van der Waals surface area contributed by atoms with E-state index in [1.54, 1.807) is 0 Å². The van der Waals surface area contributed by atoms with E-state index in [-0.39, 0.29) is 11.8 Å². The topological polar surface area (TPSA) is 57.6 Å². The summed E-state index contributed by atoms with van der Waals surface area (Å²) in [6.45, 7) is 1.41. The Hall–Kier alpha value is -1.98. The summed E-state index contributed by atoms with van der Waals surface area (Å²) in [6, 6.07) is 2.35. The van der Waals surface area contributed by atoms with Gasteiger partial charge in [0.2, 0.25) is 5.91 Å². The molecule has 1 N–H and O–H groups in total. The van der Waals surface area contributed by atoms with Crippen LogP contribution in [0.2, 0.25) is 0 Å². The molecule has 0 radical (unpaired) electrons. The fourth-order valence-electron chi connectivity index (χ4n) is 2.23. The minimum absolute atomic E-state index is 0.299. The molecule has 0 unspecified atom stereocenters. The van der Waals surface area contributed by atoms with Crippen LogP contribution in [0.25, 0.3) is 0 Å². The summed E-state index contributed by atoms with van der Waals surface area (Å²) in [4.78, 5) is 24.1. The van der Waals surface area contributed by atoms with Crippen molar-refractivity contribution in [2.24, 2.45) is 5.92 Å². The maximum absolute atomic E-state index is 13.6. The van der Waals surface area contributed by atoms with Gasteiger partial charge in [-0.1, -0.05) is 6.07 Å². The van der Waals surface area contributed by atoms with Gasteiger partial charge in [-0.3, -0.25) is 4.79 Å². The van der Waals surface area contributed by atoms with Crippen molar-refractivity contribution in [3.8, 4) is 0 Å². The predicted molar refractivity (Wildman–Crippen MR) is 67.1 cm³/mol. The molecule has 1 amide bonds. The van der Waals surface area contributed by atoms with E-state index in [4.69, 9.17) is 5.11 Å². The average Bonchev–Trinajstić information content (AvgIpc) is 3.16. The quantitative estimate of drug-likeness (QED) is 0.919. The Morgan fingerprint density at radius 2 is 2.05 bits per heavy atom. The minimum Gasteiger partial charge on any atom is -0.480 e. The van der Waals surface area contributed by atoms with Crippen LogP contribution in [0, 0.1) is 17.6 Å². The van der Waals surface area contributed by atoms with Gasteiger partial charge in [-0.05, 0) is 30.9 Å². The van der Waals surface area contributed by atoms with Gasteiger partial charge in [-0.15, -0.1) is 0 Å². The maximum atomic E-state index is 13.6. The largest absolute Gasteiger partial charge is 0.480 e. The van der Waals surface area contributed by atoms with Gasteiger partial charge in [0, 0.05) is 19.0 Å². The molecular formula is C14H15F2NO3. The van der Waals surface area contributed by atoms with Crippen LogP contribution >= 0.6 is 0 Å². The second kappa shape index (κ2) is 5.19. The van der Waals surface area contributed by atoms with Gasteiger partial charge < -0.3 is 10.0 Å². The first-order valence-corrected chi connectivity index (χ1v) is 6.27. The number of likely N-dealkylation sites (N-methyl/N-ethyl adjacent to an activating group) is 1. The molecule has 1 aromatic carbocycles. The van der Waals surface area contributed by atoms with E-state index in [1.165, 1.54) is 20.0 Å². The third-order valence-corrected chi connectivity index (χ3v) is 3.76. The van der Waals surface area contributed by atoms with Crippen molar-refractivity contribution in [2.45, 2.75) is 25.3 Å². The van der Waals surface area contributed by atoms with Crippen LogP contribution in [0.3, 0.4) is 0 Å². The Morgan fingerprint density at radius 1 is 1.40 bits per heavy atom. The molecule has 2 rings (SSSR count). The fraction of sp³-hybridized carbons (Fsp3) is 0.429. The molecular weight excluding hydrogens is 268 g/mol. The van der Waals surface area contributed by atoms with Crippen molar-refractivity contribution in [3.05, 3.63) is 35.4 Å². The van der Waals surface area contributed by atoms with Gasteiger partial charge in [-0.2, -0.15) is 0 Å². The third-order valence-electron chi connectivity index (χ3n) is 3.76. The lowest BCUT2D eigenvalue weighted by molar-refractivity contribution is -0.148. The molecule has 0 spiro atoms. The van der Waals surface area contributed by atoms with Gasteiger partial charge in [0.15, 0.2) is 0 Å². The molecule has 108 valence electrons. The second-order valence-electron chi connectivity index (χ2n) is 5.08. The van der Waals surface area contributed by atoms with E-state index < -0.39 is 29.6 Å². The molecule has 4 nitrogen and oxygen atoms in total. The van der Waals surface area contributed by atoms with Gasteiger partial charge in [0.25, 0.3) is 0 Å². The van der Waals surface area contributed by atoms with Crippen molar-refractivity contribution in [1.82, 2.24) is 4.90 Å². The standard InChI is InChI=1S/C14H15F2NO3/c1-7(14(19)20)17(2)13(18)11-6-10(11)9-4-3-8(15)5-12(9)16/h3-5,7,10-11H,6H2,1-2H3,(H,19,20)/t7-,10-,11+/m1/s1. The Labute approximate surface area is 115 Å². The molecule has 0 bridgehead atoms. The van der Waals surface area contributed by atoms with Gasteiger partial charge >= 0.3 is 5.97 Å². The van der Waals surface area contributed by atoms with Gasteiger partial charge in [0.05, 0.1) is 0 Å². The number of rotatable bonds is 4. The van der Waals surface area contributed by atoms with Crippen LogP contribution in [0.5, 0.6) is 0 Å². The Kier molecular flexibility index (Phi) is 3.74. The zero-order chi connectivity index (χ0) is 15.0. The Bertz CT molecular complexity index is 561. The summed E-state index contributed by atoms with van der Waals surface area (Å²) in [7, 11) is 1.41. The summed E-state index contributed by atoms with van der Waals surface area (Å²) < 4.78 is 26.4. The van der Waals surface area contributed by atoms with E-state index in [9.17, 15) is 18.4 Å². The SMILES string of the molecule is C[C@H](C(=O)O)N(C)C(=O)[C@H]1C[C@@H]1c1ccc(F)cc1F. The van der Waals surface area contributed by atoms with E-state index in [0.717, 1.165) is 17.0 Å². The molecule has 1 aliphatic rings. The van der Waals surface area contributed by atoms with Crippen molar-refractivity contribution < 1.29 is 23.5 Å². The smallest absolute Gasteiger partial charge is 0.326 e. The van der Waals surface area contributed by atoms with Gasteiger partial charge in [0.1, 0.15) is 17.7 Å². The number of halogens is 2. The number of carbonyl (C=O) groups excluding carboxylic acids is 1. The number of carboxylic acids is 1. The summed E-state index contributed by atoms with van der Waals surface area (Å²) in [5.41, 5.74) is 0.307. The highest BCUT2D eigenvalue weighted by Crippen LogP contribution is 2.49. The zero-order valence-electron chi connectivity index (χ0n) is 11.1. The number of hydrogen-bond donors (Lipinski definition) is 1. The molecule has 3 atom stereocenters. The van der Waals surface area contributed by atoms with Crippen molar-refractivity contribution >= 4 is 11.9 Å². The highest BCUT2D eigenvalue weighted by molar-refractivity contribution is 5.87. The Morgan fingerprint density at radius 3 is 2.60 bits per heavy atom. The van der Waals surface area contributed by atoms with Crippen LogP contribution in [-0.4, -0.2) is 35.0 Å². The number of benzene rings is 1. The number of carboxylic acid groups (broad SMARTS) is 1. The van der Waals surface area contributed by atoms with Crippen molar-refractivity contribution in [1.29, 1.82) is 0 Å². The molecule has 1 fully saturated rings. The first kappa shape index (κ1) is 14.4. The van der Waals surface area contributed by atoms with Crippen LogP contribution in [-0.2, 0) is 9.59 Å². The molecule has 20 heavy (non-hydrogen) atoms. The van der Waals surface area contributed by atoms with E-state index >= 15 is 0 Å². The number of hydrogen-bond acceptors (Lipinski definition) is 2. The number of aliphatic carboxylic acids is 1. The van der Waals surface area contributed by atoms with E-state index in [2.05, 4.69) is 0 Å². The normalized spacial score (nSPS) is 22.2. The number of carbonyl (C=O) groups is 2. The molecule has 0 saturated heterocycles. The highest BCUT2D eigenvalue weighted by Gasteiger charge is 2.47. The number of amides is 1. The number of nitrogens with zero attached hydrogens (tertiary/aromatic N) is 1. The molecule has 6 heteroatoms. The van der Waals surface area contributed by atoms with E-state index in [1.807, 2.05) is 0 Å². The van der Waals surface area contributed by atoms with Crippen molar-refractivity contribution in [2.75, 3.05) is 7.05 Å². The molecule has 1 saturated carbocycles. The average molecular weight is 283 g/mol. The van der Waals surface area contributed by atoms with Crippen LogP contribution < -0.4 is 0 Å². The minimum atomic E-state index is -1.09. The first-order valence-electron chi connectivity index (χ1n) is 6.27. The molecule has 0 aromatic heterocycles. The van der Waals surface area contributed by atoms with Gasteiger partial charge in [-0.25, -0.2) is 13.6 Å². The lowest BCUT2D eigenvalue weighted by Crippen LogP contribution is -2.41. The summed E-state index contributed by atoms with van der Waals surface area (Å²) in [5, 5.41) is 8.87. The summed E-state index contributed by atoms with van der Waals surface area (Å²) >= 11 is 0. The van der Waals surface area contributed by atoms with Crippen molar-refractivity contribution in [3.63, 3.8) is 0 Å². The lowest BCUT2D eigenvalue weighted by atomic mass is 10.1. The summed E-state index contributed by atoms with van der Waals surface area (Å²) in [5.74, 6) is -3.47. The van der Waals surface area contributed by atoms with E-state index in [0.29, 0.717) is 12.0 Å². The zero-order valence-corrected chi connectivity index (χ0v) is 11.1. The molecule has 1 aliphatic carbocycles. The van der Waals surface area contributed by atoms with Crippen LogP contribution in [0.15, 0.2) is 18.2 Å². The van der Waals surface area contributed by atoms with Crippen LogP contribution in [0.4, 0.5) is 8.78 Å². The lowest BCUT2D eigenvalue weighted by Gasteiger charge is -2.21. The maximum Gasteiger partial charge on any atom is 0.326 e.